The highest BCUT2D eigenvalue weighted by atomic mass is 35.5. The highest BCUT2D eigenvalue weighted by Gasteiger charge is 2.38. The van der Waals surface area contributed by atoms with Crippen molar-refractivity contribution in [3.8, 4) is 5.75 Å². The predicted molar refractivity (Wildman–Crippen MR) is 189 cm³/mol. The number of nitrogens with one attached hydrogen (secondary N) is 1. The molecule has 2 N–H and O–H groups in total. The van der Waals surface area contributed by atoms with Crippen molar-refractivity contribution in [3.63, 3.8) is 0 Å². The number of aliphatic carboxylic acids is 1. The van der Waals surface area contributed by atoms with Crippen LogP contribution in [0, 0.1) is 6.92 Å². The maximum absolute atomic E-state index is 13.7. The highest BCUT2D eigenvalue weighted by Crippen LogP contribution is 2.37. The summed E-state index contributed by atoms with van der Waals surface area (Å²) in [6, 6.07) is 29.2. The molecule has 0 bridgehead atoms. The van der Waals surface area contributed by atoms with Gasteiger partial charge in [0.25, 0.3) is 0 Å². The van der Waals surface area contributed by atoms with Crippen molar-refractivity contribution in [3.05, 3.63) is 130 Å². The summed E-state index contributed by atoms with van der Waals surface area (Å²) in [4.78, 5) is 11.0. The summed E-state index contributed by atoms with van der Waals surface area (Å²) in [5, 5.41) is 6.24. The lowest BCUT2D eigenvalue weighted by atomic mass is 9.90. The second-order valence-electron chi connectivity index (χ2n) is 12.1. The van der Waals surface area contributed by atoms with Gasteiger partial charge >= 0.3 is 18.3 Å². The van der Waals surface area contributed by atoms with Gasteiger partial charge in [-0.05, 0) is 61.6 Å². The number of carbonyl (C=O) groups is 1. The van der Waals surface area contributed by atoms with Crippen molar-refractivity contribution in [2.45, 2.75) is 57.3 Å². The lowest BCUT2D eigenvalue weighted by Gasteiger charge is -2.29. The van der Waals surface area contributed by atoms with E-state index in [2.05, 4.69) is 33.9 Å². The summed E-state index contributed by atoms with van der Waals surface area (Å²) >= 11 is 6.33. The van der Waals surface area contributed by atoms with Crippen molar-refractivity contribution in [2.75, 3.05) is 24.4 Å². The molecule has 0 aliphatic carbocycles. The lowest BCUT2D eigenvalue weighted by Crippen LogP contribution is -2.31. The monoisotopic (exact) mass is 772 g/mol. The zero-order valence-electron chi connectivity index (χ0n) is 28.5. The van der Waals surface area contributed by atoms with E-state index in [1.54, 1.807) is 38.1 Å². The van der Waals surface area contributed by atoms with Crippen molar-refractivity contribution in [2.24, 2.45) is 0 Å². The number of halogens is 7. The molecule has 0 saturated heterocycles. The molecule has 7 nitrogen and oxygen atoms in total. The van der Waals surface area contributed by atoms with Crippen LogP contribution in [0.15, 0.2) is 97.1 Å². The molecule has 282 valence electrons. The quantitative estimate of drug-likeness (QED) is 0.0980. The van der Waals surface area contributed by atoms with E-state index in [0.717, 1.165) is 22.8 Å². The van der Waals surface area contributed by atoms with Crippen LogP contribution >= 0.6 is 11.6 Å². The minimum absolute atomic E-state index is 0.0363. The van der Waals surface area contributed by atoms with Gasteiger partial charge < -0.3 is 9.84 Å². The molecule has 0 atom stereocenters. The number of carboxylic acid groups (broad SMARTS) is 1. The fourth-order valence-electron chi connectivity index (χ4n) is 5.00. The molecule has 0 aliphatic rings. The first-order chi connectivity index (χ1) is 24.3. The molecule has 0 amide bonds. The molecule has 0 heterocycles. The number of aryl methyl sites for hydroxylation is 1. The lowest BCUT2D eigenvalue weighted by molar-refractivity contribution is -0.192. The standard InChI is InChI=1S/C35H38ClF3N2O3S.C2HF3O2/c1-25(2)45(42,43)40-30-19-18-26(3)33(22-30)44-21-11-20-41(23-29-16-10-17-32(34(29)36)35(37,38)39)24-31(27-12-6-4-7-13-27)28-14-8-5-9-15-28;3-2(4,5)1(6)7/h4-10,12-19,22,25,31,40H,11,20-21,23-24H2,1-3H3;(H,6,7). The molecule has 4 aromatic rings. The Hall–Kier alpha value is -4.27. The van der Waals surface area contributed by atoms with Crippen LogP contribution in [-0.2, 0) is 27.5 Å². The average Bonchev–Trinajstić information content (AvgIpc) is 3.07. The summed E-state index contributed by atoms with van der Waals surface area (Å²) < 4.78 is 106. The number of hydrogen-bond acceptors (Lipinski definition) is 5. The maximum Gasteiger partial charge on any atom is 0.490 e. The highest BCUT2D eigenvalue weighted by molar-refractivity contribution is 7.93. The summed E-state index contributed by atoms with van der Waals surface area (Å²) in [5.74, 6) is -2.24. The maximum atomic E-state index is 13.7. The minimum Gasteiger partial charge on any atom is -0.493 e. The van der Waals surface area contributed by atoms with Gasteiger partial charge in [0.05, 0.1) is 28.1 Å². The van der Waals surface area contributed by atoms with Crippen LogP contribution in [0.4, 0.5) is 32.0 Å². The Labute approximate surface area is 304 Å². The molecular weight excluding hydrogens is 734 g/mol. The molecule has 15 heteroatoms. The van der Waals surface area contributed by atoms with Gasteiger partial charge in [-0.2, -0.15) is 26.3 Å². The number of benzene rings is 4. The van der Waals surface area contributed by atoms with Gasteiger partial charge in [-0.3, -0.25) is 9.62 Å². The van der Waals surface area contributed by atoms with Crippen LogP contribution in [0.2, 0.25) is 5.02 Å². The number of carboxylic acids is 1. The molecule has 0 spiro atoms. The molecule has 4 aromatic carbocycles. The number of ether oxygens (including phenoxy) is 1. The van der Waals surface area contributed by atoms with Gasteiger partial charge in [0.1, 0.15) is 5.75 Å². The normalized spacial score (nSPS) is 12.1. The van der Waals surface area contributed by atoms with Crippen LogP contribution in [0.5, 0.6) is 5.75 Å². The molecule has 4 rings (SSSR count). The zero-order chi connectivity index (χ0) is 38.7. The van der Waals surface area contributed by atoms with Crippen LogP contribution in [-0.4, -0.2) is 55.5 Å². The summed E-state index contributed by atoms with van der Waals surface area (Å²) in [7, 11) is -3.51. The van der Waals surface area contributed by atoms with Crippen molar-refractivity contribution in [1.29, 1.82) is 0 Å². The molecule has 0 radical (unpaired) electrons. The van der Waals surface area contributed by atoms with Crippen molar-refractivity contribution in [1.82, 2.24) is 4.90 Å². The average molecular weight is 773 g/mol. The van der Waals surface area contributed by atoms with E-state index >= 15 is 0 Å². The first-order valence-electron chi connectivity index (χ1n) is 16.0. The van der Waals surface area contributed by atoms with Gasteiger partial charge in [0.2, 0.25) is 10.0 Å². The first kappa shape index (κ1) is 42.1. The molecule has 0 saturated carbocycles. The number of hydrogen-bond donors (Lipinski definition) is 2. The molecule has 0 unspecified atom stereocenters. The number of rotatable bonds is 14. The Bertz CT molecular complexity index is 1820. The number of sulfonamides is 1. The van der Waals surface area contributed by atoms with E-state index in [4.69, 9.17) is 26.2 Å². The van der Waals surface area contributed by atoms with Crippen LogP contribution in [0.3, 0.4) is 0 Å². The second kappa shape index (κ2) is 18.5. The van der Waals surface area contributed by atoms with E-state index in [9.17, 15) is 34.8 Å². The SMILES string of the molecule is Cc1ccc(NS(=O)(=O)C(C)C)cc1OCCCN(Cc1cccc(C(F)(F)F)c1Cl)CC(c1ccccc1)c1ccccc1.O=C(O)C(F)(F)F. The van der Waals surface area contributed by atoms with Gasteiger partial charge in [-0.25, -0.2) is 13.2 Å². The Morgan fingerprint density at radius 3 is 1.94 bits per heavy atom. The largest absolute Gasteiger partial charge is 0.493 e. The summed E-state index contributed by atoms with van der Waals surface area (Å²) in [5.41, 5.74) is 3.00. The van der Waals surface area contributed by atoms with Gasteiger partial charge in [-0.1, -0.05) is 90.5 Å². The Morgan fingerprint density at radius 1 is 0.885 bits per heavy atom. The number of anilines is 1. The van der Waals surface area contributed by atoms with Crippen molar-refractivity contribution < 1.29 is 49.4 Å². The minimum atomic E-state index is -5.08. The van der Waals surface area contributed by atoms with E-state index in [1.807, 2.05) is 43.3 Å². The molecule has 52 heavy (non-hydrogen) atoms. The van der Waals surface area contributed by atoms with Crippen LogP contribution in [0.25, 0.3) is 0 Å². The Morgan fingerprint density at radius 2 is 1.44 bits per heavy atom. The molecular formula is C37H39ClF6N2O5S. The third-order valence-electron chi connectivity index (χ3n) is 7.81. The molecule has 0 aliphatic heterocycles. The number of nitrogens with zero attached hydrogens (tertiary/aromatic N) is 1. The topological polar surface area (TPSA) is 95.9 Å². The third kappa shape index (κ3) is 12.7. The smallest absolute Gasteiger partial charge is 0.490 e. The van der Waals surface area contributed by atoms with Crippen molar-refractivity contribution >= 4 is 33.3 Å². The van der Waals surface area contributed by atoms with Gasteiger partial charge in [-0.15, -0.1) is 0 Å². The third-order valence-corrected chi connectivity index (χ3v) is 10.0. The molecule has 0 fully saturated rings. The number of alkyl halides is 6. The van der Waals surface area contributed by atoms with Gasteiger partial charge in [0, 0.05) is 31.6 Å². The molecule has 0 aromatic heterocycles. The van der Waals surface area contributed by atoms with E-state index in [-0.39, 0.29) is 17.5 Å². The van der Waals surface area contributed by atoms with E-state index in [1.165, 1.54) is 6.07 Å². The van der Waals surface area contributed by atoms with Crippen LogP contribution in [0.1, 0.15) is 54.0 Å². The Kier molecular flexibility index (Phi) is 15.0. The Balaban J connectivity index is 0.000000944. The van der Waals surface area contributed by atoms with E-state index in [0.29, 0.717) is 43.1 Å². The van der Waals surface area contributed by atoms with Crippen LogP contribution < -0.4 is 9.46 Å². The second-order valence-corrected chi connectivity index (χ2v) is 14.7. The fraction of sp³-hybridized carbons (Fsp3) is 0.324. The summed E-state index contributed by atoms with van der Waals surface area (Å²) in [6.07, 6.45) is -9.08. The summed E-state index contributed by atoms with van der Waals surface area (Å²) in [6.45, 7) is 6.66. The van der Waals surface area contributed by atoms with Gasteiger partial charge in [0.15, 0.2) is 0 Å². The first-order valence-corrected chi connectivity index (χ1v) is 17.9. The fourth-order valence-corrected chi connectivity index (χ4v) is 5.98. The van der Waals surface area contributed by atoms with E-state index < -0.39 is 39.2 Å². The predicted octanol–water partition coefficient (Wildman–Crippen LogP) is 9.55. The zero-order valence-corrected chi connectivity index (χ0v) is 30.1.